The van der Waals surface area contributed by atoms with Crippen molar-refractivity contribution in [2.75, 3.05) is 0 Å². The first-order chi connectivity index (χ1) is 15.6. The molecule has 0 atom stereocenters. The summed E-state index contributed by atoms with van der Waals surface area (Å²) in [6.07, 6.45) is 24.0. The SMILES string of the molecule is CCCCCCCCCCCCCCCCCCCCc1cc(C(=O)[O-])ccc1C(=O)[O-].[Na+].[Na+]. The summed E-state index contributed by atoms with van der Waals surface area (Å²) in [4.78, 5) is 22.2. The van der Waals surface area contributed by atoms with E-state index in [1.54, 1.807) is 0 Å². The van der Waals surface area contributed by atoms with Gasteiger partial charge in [0, 0.05) is 5.56 Å². The second kappa shape index (κ2) is 24.8. The van der Waals surface area contributed by atoms with Gasteiger partial charge in [-0.05, 0) is 30.0 Å². The van der Waals surface area contributed by atoms with Gasteiger partial charge in [0.15, 0.2) is 0 Å². The van der Waals surface area contributed by atoms with Crippen LogP contribution in [0.15, 0.2) is 18.2 Å². The first-order valence-corrected chi connectivity index (χ1v) is 13.1. The zero-order valence-corrected chi connectivity index (χ0v) is 26.3. The standard InChI is InChI=1S/C28H46O4.2Na/c1-2-3-4-5-6-7-8-9-10-11-12-13-14-15-16-17-18-19-20-24-23-25(27(29)30)21-22-26(24)28(31)32;;/h21-23H,2-20H2,1H3,(H,29,30)(H,31,32);;/q;2*+1/p-2. The normalized spacial score (nSPS) is 10.4. The average Bonchev–Trinajstić information content (AvgIpc) is 2.78. The third-order valence-electron chi connectivity index (χ3n) is 6.36. The van der Waals surface area contributed by atoms with Gasteiger partial charge in [-0.3, -0.25) is 0 Å². The summed E-state index contributed by atoms with van der Waals surface area (Å²) in [5.41, 5.74) is 0.637. The number of hydrogen-bond acceptors (Lipinski definition) is 4. The Hall–Kier alpha value is 0.160. The number of aryl methyl sites for hydroxylation is 1. The van der Waals surface area contributed by atoms with Crippen molar-refractivity contribution in [2.45, 2.75) is 129 Å². The molecule has 0 aromatic heterocycles. The van der Waals surface area contributed by atoms with Crippen molar-refractivity contribution in [3.05, 3.63) is 34.9 Å². The van der Waals surface area contributed by atoms with E-state index in [2.05, 4.69) is 6.92 Å². The van der Waals surface area contributed by atoms with E-state index < -0.39 is 11.9 Å². The first kappa shape index (κ1) is 36.3. The van der Waals surface area contributed by atoms with Crippen LogP contribution in [-0.4, -0.2) is 11.9 Å². The van der Waals surface area contributed by atoms with Gasteiger partial charge in [0.2, 0.25) is 0 Å². The Kier molecular flexibility index (Phi) is 26.5. The van der Waals surface area contributed by atoms with Crippen molar-refractivity contribution in [1.82, 2.24) is 0 Å². The molecule has 0 amide bonds. The third-order valence-corrected chi connectivity index (χ3v) is 6.36. The number of carboxylic acid groups (broad SMARTS) is 2. The molecule has 0 bridgehead atoms. The van der Waals surface area contributed by atoms with E-state index in [-0.39, 0.29) is 70.2 Å². The summed E-state index contributed by atoms with van der Waals surface area (Å²) < 4.78 is 0. The van der Waals surface area contributed by atoms with Crippen molar-refractivity contribution in [2.24, 2.45) is 0 Å². The monoisotopic (exact) mass is 490 g/mol. The molecule has 4 nitrogen and oxygen atoms in total. The maximum atomic E-state index is 11.2. The fourth-order valence-electron chi connectivity index (χ4n) is 4.34. The van der Waals surface area contributed by atoms with Crippen molar-refractivity contribution < 1.29 is 78.9 Å². The van der Waals surface area contributed by atoms with E-state index in [1.165, 1.54) is 115 Å². The molecule has 0 radical (unpaired) electrons. The van der Waals surface area contributed by atoms with Crippen molar-refractivity contribution in [3.63, 3.8) is 0 Å². The van der Waals surface area contributed by atoms with E-state index in [4.69, 9.17) is 0 Å². The Balaban J connectivity index is 0. The Morgan fingerprint density at radius 3 is 1.32 bits per heavy atom. The Morgan fingerprint density at radius 1 is 0.588 bits per heavy atom. The van der Waals surface area contributed by atoms with Gasteiger partial charge >= 0.3 is 59.1 Å². The van der Waals surface area contributed by atoms with Gasteiger partial charge < -0.3 is 19.8 Å². The van der Waals surface area contributed by atoms with E-state index in [0.29, 0.717) is 12.0 Å². The van der Waals surface area contributed by atoms with Crippen LogP contribution in [0.2, 0.25) is 0 Å². The maximum Gasteiger partial charge on any atom is 1.00 e. The van der Waals surface area contributed by atoms with Gasteiger partial charge in [0.25, 0.3) is 0 Å². The second-order valence-electron chi connectivity index (χ2n) is 9.21. The summed E-state index contributed by atoms with van der Waals surface area (Å²) in [7, 11) is 0. The molecule has 0 aliphatic carbocycles. The van der Waals surface area contributed by atoms with Gasteiger partial charge in [-0.2, -0.15) is 0 Å². The Bertz CT molecular complexity index is 649. The van der Waals surface area contributed by atoms with Crippen LogP contribution in [0.25, 0.3) is 0 Å². The van der Waals surface area contributed by atoms with Crippen LogP contribution < -0.4 is 69.3 Å². The summed E-state index contributed by atoms with van der Waals surface area (Å²) >= 11 is 0. The number of aromatic carboxylic acids is 2. The number of hydrogen-bond donors (Lipinski definition) is 0. The molecule has 0 N–H and O–H groups in total. The summed E-state index contributed by atoms with van der Waals surface area (Å²) in [5, 5.41) is 22.2. The minimum absolute atomic E-state index is 0. The quantitative estimate of drug-likeness (QED) is 0.180. The molecule has 0 heterocycles. The fraction of sp³-hybridized carbons (Fsp3) is 0.714. The third kappa shape index (κ3) is 18.4. The van der Waals surface area contributed by atoms with E-state index in [0.717, 1.165) is 19.3 Å². The summed E-state index contributed by atoms with van der Waals surface area (Å²) in [5.74, 6) is -2.54. The molecule has 0 aliphatic rings. The second-order valence-corrected chi connectivity index (χ2v) is 9.21. The zero-order valence-electron chi connectivity index (χ0n) is 22.3. The number of rotatable bonds is 21. The maximum absolute atomic E-state index is 11.2. The topological polar surface area (TPSA) is 80.3 Å². The molecule has 0 fully saturated rings. The molecule has 34 heavy (non-hydrogen) atoms. The fourth-order valence-corrected chi connectivity index (χ4v) is 4.34. The molecular weight excluding hydrogens is 446 g/mol. The largest absolute Gasteiger partial charge is 1.00 e. The van der Waals surface area contributed by atoms with Crippen molar-refractivity contribution in [3.8, 4) is 0 Å². The first-order valence-electron chi connectivity index (χ1n) is 13.1. The molecule has 1 aromatic rings. The smallest absolute Gasteiger partial charge is 0.545 e. The molecule has 6 heteroatoms. The summed E-state index contributed by atoms with van der Waals surface area (Å²) in [6, 6.07) is 3.98. The van der Waals surface area contributed by atoms with Gasteiger partial charge in [-0.1, -0.05) is 128 Å². The number of unbranched alkanes of at least 4 members (excludes halogenated alkanes) is 17. The van der Waals surface area contributed by atoms with E-state index >= 15 is 0 Å². The number of benzene rings is 1. The minimum Gasteiger partial charge on any atom is -0.545 e. The number of carboxylic acids is 2. The molecule has 1 aromatic carbocycles. The molecule has 0 saturated carbocycles. The van der Waals surface area contributed by atoms with E-state index in [9.17, 15) is 19.8 Å². The van der Waals surface area contributed by atoms with Crippen LogP contribution >= 0.6 is 0 Å². The zero-order chi connectivity index (χ0) is 23.4. The van der Waals surface area contributed by atoms with Gasteiger partial charge in [0.1, 0.15) is 0 Å². The van der Waals surface area contributed by atoms with Crippen LogP contribution in [0.5, 0.6) is 0 Å². The van der Waals surface area contributed by atoms with Gasteiger partial charge in [-0.15, -0.1) is 0 Å². The summed E-state index contributed by atoms with van der Waals surface area (Å²) in [6.45, 7) is 2.27. The Morgan fingerprint density at radius 2 is 0.971 bits per heavy atom. The van der Waals surface area contributed by atoms with Gasteiger partial charge in [-0.25, -0.2) is 0 Å². The van der Waals surface area contributed by atoms with Crippen LogP contribution in [-0.2, 0) is 6.42 Å². The van der Waals surface area contributed by atoms with E-state index in [1.807, 2.05) is 0 Å². The molecule has 0 spiro atoms. The number of carbonyl (C=O) groups excluding carboxylic acids is 2. The molecule has 0 aliphatic heterocycles. The molecule has 0 unspecified atom stereocenters. The van der Waals surface area contributed by atoms with Crippen LogP contribution in [0.4, 0.5) is 0 Å². The predicted octanol–water partition coefficient (Wildman–Crippen LogP) is 0.00580. The predicted molar refractivity (Wildman–Crippen MR) is 128 cm³/mol. The number of carbonyl (C=O) groups is 2. The van der Waals surface area contributed by atoms with Crippen molar-refractivity contribution in [1.29, 1.82) is 0 Å². The Labute approximate surface area is 252 Å². The molecular formula is C28H44Na2O4. The van der Waals surface area contributed by atoms with Crippen LogP contribution in [0.1, 0.15) is 149 Å². The molecule has 1 rings (SSSR count). The molecule has 0 saturated heterocycles. The van der Waals surface area contributed by atoms with Gasteiger partial charge in [0.05, 0.1) is 11.9 Å². The van der Waals surface area contributed by atoms with Crippen LogP contribution in [0, 0.1) is 0 Å². The van der Waals surface area contributed by atoms with Crippen molar-refractivity contribution >= 4 is 11.9 Å². The minimum atomic E-state index is -1.28. The van der Waals surface area contributed by atoms with Crippen LogP contribution in [0.3, 0.4) is 0 Å². The molecule has 182 valence electrons. The average molecular weight is 491 g/mol.